The summed E-state index contributed by atoms with van der Waals surface area (Å²) >= 11 is 0. The molecule has 0 saturated carbocycles. The van der Waals surface area contributed by atoms with Crippen LogP contribution in [0.15, 0.2) is 437 Å². The molecule has 0 heteroatoms. The summed E-state index contributed by atoms with van der Waals surface area (Å²) in [5.74, 6) is 0. The van der Waals surface area contributed by atoms with E-state index in [-0.39, 0.29) is 37.9 Å². The normalized spacial score (nSPS) is 11.7. The number of benzene rings is 19. The molecule has 0 aromatic heterocycles. The van der Waals surface area contributed by atoms with Gasteiger partial charge in [0.1, 0.15) is 0 Å². The molecule has 0 atom stereocenters. The number of rotatable bonds is 5. The number of hydrogen-bond donors (Lipinski definition) is 0. The van der Waals surface area contributed by atoms with Crippen LogP contribution in [0.5, 0.6) is 0 Å². The lowest BCUT2D eigenvalue weighted by Crippen LogP contribution is -2.11. The Balaban J connectivity index is 0.000000139. The standard InChI is InChI=1S/4C20H20.C16H18.2C14H16.C10H14/c1-20(2,3)17-13-11-16(12-14-17)19-10-6-8-15-7-4-5-9-18(15)19;1-20(2,3)19-14-13-16(15-9-5-4-6-10-15)17-11-7-8-12-18(17)19;1-20(2,3)19-12-10-16(11-13-19)18-9-8-15-6-4-5-7-17(15)14-18;1-20(2,3)19-12-11-17-13-16(9-10-18(17)14-19)15-7-5-4-6-8-15;1-16(2,3)15-11-9-14(10-12-15)13-7-5-4-6-8-13;1-14(2,3)13-10-6-8-11-7-4-5-9-12(11)13;1-14(2,3)13-9-8-11-6-4-5-7-12(11)10-13;1-10(2,3)9-7-5-4-6-8-9/h4*4-14H,1-3H3;4-12H,1-3H3;2*4-10H,1-3H3;4-8H,1-3H3. The van der Waals surface area contributed by atoms with E-state index in [9.17, 15) is 0 Å². The smallest absolute Gasteiger partial charge is 0.0102 e. The van der Waals surface area contributed by atoms with Crippen LogP contribution in [0.4, 0.5) is 0 Å². The second-order valence-electron chi connectivity index (χ2n) is 43.9. The summed E-state index contributed by atoms with van der Waals surface area (Å²) in [5, 5.41) is 15.9. The zero-order valence-corrected chi connectivity index (χ0v) is 84.6. The molecule has 0 unspecified atom stereocenters. The Morgan fingerprint density at radius 2 is 0.351 bits per heavy atom. The van der Waals surface area contributed by atoms with Crippen molar-refractivity contribution < 1.29 is 0 Å². The Morgan fingerprint density at radius 3 is 0.776 bits per heavy atom. The molecule has 0 amide bonds. The van der Waals surface area contributed by atoms with Crippen LogP contribution in [0, 0.1) is 0 Å². The Morgan fingerprint density at radius 1 is 0.112 bits per heavy atom. The van der Waals surface area contributed by atoms with E-state index in [1.807, 2.05) is 6.07 Å². The molecular weight excluding hydrogens is 1610 g/mol. The van der Waals surface area contributed by atoms with Crippen LogP contribution in [-0.4, -0.2) is 0 Å². The quantitative estimate of drug-likeness (QED) is 0.161. The van der Waals surface area contributed by atoms with E-state index >= 15 is 0 Å². The average Bonchev–Trinajstić information content (AvgIpc) is 0.757. The Bertz CT molecular complexity index is 6930. The van der Waals surface area contributed by atoms with Crippen molar-refractivity contribution in [2.24, 2.45) is 0 Å². The predicted molar refractivity (Wildman–Crippen MR) is 593 cm³/mol. The van der Waals surface area contributed by atoms with E-state index in [1.165, 1.54) is 165 Å². The third-order valence-electron chi connectivity index (χ3n) is 25.0. The average molecular weight is 1750 g/mol. The molecule has 0 bridgehead atoms. The van der Waals surface area contributed by atoms with Crippen molar-refractivity contribution in [2.75, 3.05) is 0 Å². The molecule has 0 nitrogen and oxygen atoms in total. The molecule has 0 aliphatic carbocycles. The van der Waals surface area contributed by atoms with E-state index in [4.69, 9.17) is 0 Å². The van der Waals surface area contributed by atoms with Crippen LogP contribution in [0.1, 0.15) is 211 Å². The Labute approximate surface area is 805 Å². The fraction of sp³-hybridized carbons (Fsp3) is 0.239. The van der Waals surface area contributed by atoms with E-state index in [1.54, 1.807) is 0 Å². The van der Waals surface area contributed by atoms with Crippen LogP contribution in [0.3, 0.4) is 0 Å². The van der Waals surface area contributed by atoms with Gasteiger partial charge in [-0.2, -0.15) is 0 Å². The van der Waals surface area contributed by atoms with Gasteiger partial charge in [-0.1, -0.05) is 591 Å². The minimum absolute atomic E-state index is 0.162. The molecule has 0 fully saturated rings. The molecule has 0 saturated heterocycles. The number of hydrogen-bond acceptors (Lipinski definition) is 0. The summed E-state index contributed by atoms with van der Waals surface area (Å²) in [6.45, 7) is 54.0. The van der Waals surface area contributed by atoms with Gasteiger partial charge in [-0.3, -0.25) is 0 Å². The Hall–Kier alpha value is -13.3. The SMILES string of the molecule is CC(C)(C)c1ccc(-c2ccc3ccccc3c2)cc1.CC(C)(C)c1ccc(-c2cccc3ccccc23)cc1.CC(C)(C)c1ccc(-c2ccccc2)c2ccccc12.CC(C)(C)c1ccc(-c2ccccc2)cc1.CC(C)(C)c1ccc2cc(-c3ccccc3)ccc2c1.CC(C)(C)c1ccc2ccccc2c1.CC(C)(C)c1cccc2ccccc12.CC(C)(C)c1ccccc1. The van der Waals surface area contributed by atoms with Crippen molar-refractivity contribution in [3.63, 3.8) is 0 Å². The molecular formula is C134H144. The third-order valence-corrected chi connectivity index (χ3v) is 25.0. The summed E-state index contributed by atoms with van der Waals surface area (Å²) in [6.07, 6.45) is 0. The van der Waals surface area contributed by atoms with Gasteiger partial charge in [0, 0.05) is 0 Å². The zero-order valence-electron chi connectivity index (χ0n) is 84.6. The topological polar surface area (TPSA) is 0 Å². The van der Waals surface area contributed by atoms with Gasteiger partial charge in [-0.15, -0.1) is 0 Å². The van der Waals surface area contributed by atoms with Gasteiger partial charge in [0.15, 0.2) is 0 Å². The zero-order chi connectivity index (χ0) is 96.2. The van der Waals surface area contributed by atoms with Crippen LogP contribution in [0.25, 0.3) is 120 Å². The lowest BCUT2D eigenvalue weighted by Gasteiger charge is -2.22. The molecule has 134 heavy (non-hydrogen) atoms. The molecule has 0 radical (unpaired) electrons. The van der Waals surface area contributed by atoms with E-state index in [0.29, 0.717) is 5.41 Å². The van der Waals surface area contributed by atoms with E-state index in [0.717, 1.165) is 0 Å². The van der Waals surface area contributed by atoms with Crippen LogP contribution < -0.4 is 0 Å². The van der Waals surface area contributed by atoms with Crippen LogP contribution >= 0.6 is 0 Å². The molecule has 0 N–H and O–H groups in total. The Kier molecular flexibility index (Phi) is 32.5. The van der Waals surface area contributed by atoms with Gasteiger partial charge < -0.3 is 0 Å². The van der Waals surface area contributed by atoms with Gasteiger partial charge in [-0.25, -0.2) is 0 Å². The van der Waals surface area contributed by atoms with Gasteiger partial charge in [0.2, 0.25) is 0 Å². The molecule has 0 heterocycles. The minimum atomic E-state index is 0.162. The first-order valence-corrected chi connectivity index (χ1v) is 48.1. The molecule has 0 spiro atoms. The summed E-state index contributed by atoms with van der Waals surface area (Å²) in [5.41, 5.74) is 25.8. The van der Waals surface area contributed by atoms with Crippen molar-refractivity contribution in [2.45, 2.75) is 209 Å². The highest BCUT2D eigenvalue weighted by Crippen LogP contribution is 2.40. The maximum absolute atomic E-state index is 2.31. The van der Waals surface area contributed by atoms with Crippen LogP contribution in [0.2, 0.25) is 0 Å². The first-order valence-electron chi connectivity index (χ1n) is 48.1. The second-order valence-corrected chi connectivity index (χ2v) is 43.9. The highest BCUT2D eigenvalue weighted by molar-refractivity contribution is 6.00. The van der Waals surface area contributed by atoms with Crippen molar-refractivity contribution in [1.29, 1.82) is 0 Å². The fourth-order valence-electron chi connectivity index (χ4n) is 16.8. The van der Waals surface area contributed by atoms with Crippen molar-refractivity contribution >= 4 is 64.6 Å². The van der Waals surface area contributed by atoms with Crippen molar-refractivity contribution in [3.8, 4) is 55.6 Å². The summed E-state index contributed by atoms with van der Waals surface area (Å²) in [7, 11) is 0. The van der Waals surface area contributed by atoms with E-state index in [2.05, 4.69) is 597 Å². The summed E-state index contributed by atoms with van der Waals surface area (Å²) in [4.78, 5) is 0. The maximum atomic E-state index is 2.31. The van der Waals surface area contributed by atoms with Crippen LogP contribution in [-0.2, 0) is 43.3 Å². The van der Waals surface area contributed by atoms with Gasteiger partial charge in [0.25, 0.3) is 0 Å². The van der Waals surface area contributed by atoms with E-state index < -0.39 is 0 Å². The first kappa shape index (κ1) is 99.7. The largest absolute Gasteiger partial charge is 0.0622 e. The highest BCUT2D eigenvalue weighted by atomic mass is 14.3. The fourth-order valence-corrected chi connectivity index (χ4v) is 16.8. The van der Waals surface area contributed by atoms with Crippen molar-refractivity contribution in [1.82, 2.24) is 0 Å². The lowest BCUT2D eigenvalue weighted by molar-refractivity contribution is 0.590. The van der Waals surface area contributed by atoms with Crippen molar-refractivity contribution in [3.05, 3.63) is 481 Å². The molecule has 0 aliphatic heterocycles. The summed E-state index contributed by atoms with van der Waals surface area (Å²) < 4.78 is 0. The van der Waals surface area contributed by atoms with Gasteiger partial charge >= 0.3 is 0 Å². The first-order chi connectivity index (χ1) is 63.5. The summed E-state index contributed by atoms with van der Waals surface area (Å²) in [6, 6.07) is 156. The highest BCUT2D eigenvalue weighted by Gasteiger charge is 2.22. The lowest BCUT2D eigenvalue weighted by atomic mass is 9.82. The van der Waals surface area contributed by atoms with Gasteiger partial charge in [-0.05, 0) is 220 Å². The number of fused-ring (bicyclic) bond motifs is 6. The molecule has 19 aromatic rings. The molecule has 19 rings (SSSR count). The maximum Gasteiger partial charge on any atom is -0.0102 e. The molecule has 680 valence electrons. The minimum Gasteiger partial charge on any atom is -0.0622 e. The predicted octanol–water partition coefficient (Wildman–Crippen LogP) is 39.1. The third kappa shape index (κ3) is 27.5. The second kappa shape index (κ2) is 43.6. The molecule has 0 aliphatic rings. The molecule has 19 aromatic carbocycles. The monoisotopic (exact) mass is 1750 g/mol. The van der Waals surface area contributed by atoms with Gasteiger partial charge in [0.05, 0.1) is 0 Å².